The Morgan fingerprint density at radius 3 is 2.14 bits per heavy atom. The van der Waals surface area contributed by atoms with E-state index in [-0.39, 0.29) is 12.5 Å². The van der Waals surface area contributed by atoms with Crippen LogP contribution in [0.4, 0.5) is 13.2 Å². The number of carbonyl (C=O) groups is 1. The molecule has 2 aromatic rings. The van der Waals surface area contributed by atoms with Gasteiger partial charge >= 0.3 is 6.18 Å². The van der Waals surface area contributed by atoms with Crippen molar-refractivity contribution in [2.45, 2.75) is 25.6 Å². The van der Waals surface area contributed by atoms with Gasteiger partial charge in [-0.15, -0.1) is 0 Å². The van der Waals surface area contributed by atoms with Crippen LogP contribution in [0, 0.1) is 0 Å². The molecule has 0 aromatic heterocycles. The van der Waals surface area contributed by atoms with Crippen molar-refractivity contribution in [3.05, 3.63) is 71.3 Å². The van der Waals surface area contributed by atoms with Gasteiger partial charge in [-0.2, -0.15) is 13.2 Å². The van der Waals surface area contributed by atoms with Gasteiger partial charge in [0.15, 0.2) is 0 Å². The summed E-state index contributed by atoms with van der Waals surface area (Å²) in [6.07, 6.45) is -3.35. The van der Waals surface area contributed by atoms with E-state index in [0.717, 1.165) is 17.7 Å². The van der Waals surface area contributed by atoms with Crippen molar-refractivity contribution in [1.29, 1.82) is 0 Å². The van der Waals surface area contributed by atoms with Crippen LogP contribution >= 0.6 is 0 Å². The number of alkyl halides is 3. The molecule has 0 fully saturated rings. The number of benzene rings is 2. The molecule has 0 radical (unpaired) electrons. The van der Waals surface area contributed by atoms with Gasteiger partial charge in [0, 0.05) is 13.0 Å². The summed E-state index contributed by atoms with van der Waals surface area (Å²) in [5.74, 6) is -0.122. The lowest BCUT2D eigenvalue weighted by molar-refractivity contribution is -0.137. The average Bonchev–Trinajstić information content (AvgIpc) is 2.51. The molecule has 5 heteroatoms. The monoisotopic (exact) mass is 307 g/mol. The molecular weight excluding hydrogens is 291 g/mol. The smallest absolute Gasteiger partial charge is 0.352 e. The molecule has 0 unspecified atom stereocenters. The standard InChI is InChI=1S/C17H16F3NO/c18-17(19,20)15-9-6-14(7-10-15)12-21-16(22)11-8-13-4-2-1-3-5-13/h1-7,9-10H,8,11-12H2,(H,21,22). The predicted molar refractivity (Wildman–Crippen MR) is 78.1 cm³/mol. The summed E-state index contributed by atoms with van der Waals surface area (Å²) in [4.78, 5) is 11.7. The zero-order valence-corrected chi connectivity index (χ0v) is 11.9. The first-order chi connectivity index (χ1) is 10.4. The summed E-state index contributed by atoms with van der Waals surface area (Å²) in [5, 5.41) is 2.71. The summed E-state index contributed by atoms with van der Waals surface area (Å²) in [5.41, 5.74) is 1.03. The summed E-state index contributed by atoms with van der Waals surface area (Å²) in [6.45, 7) is 0.228. The molecule has 0 aliphatic rings. The zero-order valence-electron chi connectivity index (χ0n) is 11.9. The highest BCUT2D eigenvalue weighted by molar-refractivity contribution is 5.76. The van der Waals surface area contributed by atoms with E-state index in [1.165, 1.54) is 12.1 Å². The van der Waals surface area contributed by atoms with Crippen molar-refractivity contribution in [3.63, 3.8) is 0 Å². The molecule has 2 aromatic carbocycles. The Kier molecular flexibility index (Phi) is 5.20. The Morgan fingerprint density at radius 1 is 0.909 bits per heavy atom. The Labute approximate surface area is 127 Å². The quantitative estimate of drug-likeness (QED) is 0.890. The highest BCUT2D eigenvalue weighted by atomic mass is 19.4. The van der Waals surface area contributed by atoms with Crippen LogP contribution in [0.2, 0.25) is 0 Å². The fourth-order valence-electron chi connectivity index (χ4n) is 2.00. The molecule has 0 bridgehead atoms. The molecule has 0 saturated carbocycles. The molecule has 1 N–H and O–H groups in total. The Balaban J connectivity index is 1.79. The molecule has 0 aliphatic heterocycles. The highest BCUT2D eigenvalue weighted by Gasteiger charge is 2.29. The number of amides is 1. The first-order valence-corrected chi connectivity index (χ1v) is 6.92. The first-order valence-electron chi connectivity index (χ1n) is 6.92. The second-order valence-electron chi connectivity index (χ2n) is 4.96. The van der Waals surface area contributed by atoms with Crippen molar-refractivity contribution in [2.24, 2.45) is 0 Å². The van der Waals surface area contributed by atoms with Crippen molar-refractivity contribution >= 4 is 5.91 Å². The third-order valence-electron chi connectivity index (χ3n) is 3.25. The maximum atomic E-state index is 12.4. The summed E-state index contributed by atoms with van der Waals surface area (Å²) in [6, 6.07) is 14.4. The predicted octanol–water partition coefficient (Wildman–Crippen LogP) is 3.95. The lowest BCUT2D eigenvalue weighted by Gasteiger charge is -2.08. The van der Waals surface area contributed by atoms with Crippen LogP contribution in [0.3, 0.4) is 0 Å². The number of aryl methyl sites for hydroxylation is 1. The van der Waals surface area contributed by atoms with E-state index in [9.17, 15) is 18.0 Å². The van der Waals surface area contributed by atoms with E-state index in [1.807, 2.05) is 30.3 Å². The molecule has 2 nitrogen and oxygen atoms in total. The van der Waals surface area contributed by atoms with E-state index in [0.29, 0.717) is 18.4 Å². The molecule has 1 amide bonds. The van der Waals surface area contributed by atoms with Gasteiger partial charge in [0.1, 0.15) is 0 Å². The summed E-state index contributed by atoms with van der Waals surface area (Å²) in [7, 11) is 0. The summed E-state index contributed by atoms with van der Waals surface area (Å²) >= 11 is 0. The third kappa shape index (κ3) is 4.91. The van der Waals surface area contributed by atoms with Gasteiger partial charge in [-0.25, -0.2) is 0 Å². The van der Waals surface area contributed by atoms with Crippen molar-refractivity contribution in [3.8, 4) is 0 Å². The van der Waals surface area contributed by atoms with Crippen molar-refractivity contribution < 1.29 is 18.0 Å². The minimum atomic E-state index is -4.34. The largest absolute Gasteiger partial charge is 0.416 e. The highest BCUT2D eigenvalue weighted by Crippen LogP contribution is 2.29. The van der Waals surface area contributed by atoms with Gasteiger partial charge in [0.25, 0.3) is 0 Å². The maximum Gasteiger partial charge on any atom is 0.416 e. The number of nitrogens with one attached hydrogen (secondary N) is 1. The van der Waals surface area contributed by atoms with Crippen LogP contribution in [0.5, 0.6) is 0 Å². The van der Waals surface area contributed by atoms with E-state index in [4.69, 9.17) is 0 Å². The second kappa shape index (κ2) is 7.11. The van der Waals surface area contributed by atoms with Crippen LogP contribution in [0.1, 0.15) is 23.1 Å². The minimum Gasteiger partial charge on any atom is -0.352 e. The van der Waals surface area contributed by atoms with Gasteiger partial charge in [0.2, 0.25) is 5.91 Å². The fraction of sp³-hybridized carbons (Fsp3) is 0.235. The van der Waals surface area contributed by atoms with E-state index < -0.39 is 11.7 Å². The molecule has 116 valence electrons. The number of carbonyl (C=O) groups excluding carboxylic acids is 1. The first kappa shape index (κ1) is 16.1. The second-order valence-corrected chi connectivity index (χ2v) is 4.96. The molecule has 22 heavy (non-hydrogen) atoms. The van der Waals surface area contributed by atoms with Crippen molar-refractivity contribution in [1.82, 2.24) is 5.32 Å². The Morgan fingerprint density at radius 2 is 1.55 bits per heavy atom. The van der Waals surface area contributed by atoms with Crippen LogP contribution in [0.15, 0.2) is 54.6 Å². The maximum absolute atomic E-state index is 12.4. The van der Waals surface area contributed by atoms with Crippen LogP contribution in [-0.4, -0.2) is 5.91 Å². The van der Waals surface area contributed by atoms with Crippen LogP contribution in [0.25, 0.3) is 0 Å². The zero-order chi connectivity index (χ0) is 16.0. The van der Waals surface area contributed by atoms with Gasteiger partial charge in [0.05, 0.1) is 5.56 Å². The lowest BCUT2D eigenvalue weighted by atomic mass is 10.1. The minimum absolute atomic E-state index is 0.122. The van der Waals surface area contributed by atoms with Gasteiger partial charge in [-0.05, 0) is 29.7 Å². The normalized spacial score (nSPS) is 11.2. The molecule has 0 aliphatic carbocycles. The molecule has 2 rings (SSSR count). The SMILES string of the molecule is O=C(CCc1ccccc1)NCc1ccc(C(F)(F)F)cc1. The number of rotatable bonds is 5. The third-order valence-corrected chi connectivity index (χ3v) is 3.25. The van der Waals surface area contributed by atoms with E-state index >= 15 is 0 Å². The molecule has 0 heterocycles. The molecule has 0 atom stereocenters. The van der Waals surface area contributed by atoms with Gasteiger partial charge in [-0.1, -0.05) is 42.5 Å². The van der Waals surface area contributed by atoms with Crippen LogP contribution < -0.4 is 5.32 Å². The van der Waals surface area contributed by atoms with Gasteiger partial charge < -0.3 is 5.32 Å². The fourth-order valence-corrected chi connectivity index (χ4v) is 2.00. The van der Waals surface area contributed by atoms with E-state index in [1.54, 1.807) is 0 Å². The molecule has 0 spiro atoms. The Hall–Kier alpha value is -2.30. The number of hydrogen-bond donors (Lipinski definition) is 1. The molecule has 0 saturated heterocycles. The Bertz CT molecular complexity index is 606. The van der Waals surface area contributed by atoms with E-state index in [2.05, 4.69) is 5.32 Å². The number of hydrogen-bond acceptors (Lipinski definition) is 1. The number of halogens is 3. The summed E-state index contributed by atoms with van der Waals surface area (Å²) < 4.78 is 37.3. The molecular formula is C17H16F3NO. The van der Waals surface area contributed by atoms with Crippen molar-refractivity contribution in [2.75, 3.05) is 0 Å². The topological polar surface area (TPSA) is 29.1 Å². The lowest BCUT2D eigenvalue weighted by Crippen LogP contribution is -2.23. The van der Waals surface area contributed by atoms with Gasteiger partial charge in [-0.3, -0.25) is 4.79 Å². The average molecular weight is 307 g/mol. The van der Waals surface area contributed by atoms with Crippen LogP contribution in [-0.2, 0) is 23.9 Å².